The van der Waals surface area contributed by atoms with Crippen molar-refractivity contribution < 1.29 is 19.0 Å². The standard InChI is InChI=1S/C27H22BrClFNO3/c1-17-5-2-10-25(31(17)21-8-4-7-19(14-21)27(32)33)22-15-20(28)11-12-26(22)34-16-18-6-3-9-24(30)23(29)13-18/h3-15,24H,2,16H2,1H3,(H,32,33). The maximum Gasteiger partial charge on any atom is 0.335 e. The van der Waals surface area contributed by atoms with Gasteiger partial charge in [0.15, 0.2) is 6.17 Å². The third kappa shape index (κ3) is 5.34. The summed E-state index contributed by atoms with van der Waals surface area (Å²) in [7, 11) is 0. The van der Waals surface area contributed by atoms with Crippen molar-refractivity contribution in [3.05, 3.63) is 111 Å². The largest absolute Gasteiger partial charge is 0.488 e. The van der Waals surface area contributed by atoms with Crippen LogP contribution in [0.1, 0.15) is 29.3 Å². The summed E-state index contributed by atoms with van der Waals surface area (Å²) in [6.45, 7) is 2.19. The summed E-state index contributed by atoms with van der Waals surface area (Å²) in [5, 5.41) is 9.58. The highest BCUT2D eigenvalue weighted by molar-refractivity contribution is 9.10. The van der Waals surface area contributed by atoms with E-state index in [-0.39, 0.29) is 17.2 Å². The van der Waals surface area contributed by atoms with Crippen molar-refractivity contribution in [1.29, 1.82) is 0 Å². The first-order valence-corrected chi connectivity index (χ1v) is 11.8. The number of anilines is 1. The summed E-state index contributed by atoms with van der Waals surface area (Å²) in [6.07, 6.45) is 9.95. The Kier molecular flexibility index (Phi) is 7.39. The van der Waals surface area contributed by atoms with E-state index < -0.39 is 12.1 Å². The first kappa shape index (κ1) is 24.0. The van der Waals surface area contributed by atoms with Crippen LogP contribution in [-0.4, -0.2) is 23.9 Å². The number of hydrogen-bond donors (Lipinski definition) is 1. The molecule has 0 saturated heterocycles. The molecule has 0 fully saturated rings. The summed E-state index contributed by atoms with van der Waals surface area (Å²) in [5.41, 5.74) is 4.40. The fourth-order valence-electron chi connectivity index (χ4n) is 3.82. The molecule has 1 unspecified atom stereocenters. The van der Waals surface area contributed by atoms with E-state index in [1.807, 2.05) is 36.1 Å². The second kappa shape index (κ2) is 10.5. The highest BCUT2D eigenvalue weighted by Crippen LogP contribution is 2.39. The molecule has 4 rings (SSSR count). The number of alkyl halides is 1. The molecule has 34 heavy (non-hydrogen) atoms. The van der Waals surface area contributed by atoms with Gasteiger partial charge in [0.2, 0.25) is 0 Å². The molecule has 2 aliphatic rings. The Morgan fingerprint density at radius 2 is 2.09 bits per heavy atom. The molecule has 174 valence electrons. The van der Waals surface area contributed by atoms with Crippen molar-refractivity contribution >= 4 is 44.9 Å². The minimum atomic E-state index is -1.32. The number of rotatable bonds is 6. The van der Waals surface area contributed by atoms with E-state index in [4.69, 9.17) is 16.3 Å². The van der Waals surface area contributed by atoms with Crippen LogP contribution in [0.3, 0.4) is 0 Å². The van der Waals surface area contributed by atoms with Crippen molar-refractivity contribution in [2.45, 2.75) is 19.5 Å². The average Bonchev–Trinajstić information content (AvgIpc) is 2.98. The van der Waals surface area contributed by atoms with E-state index in [0.29, 0.717) is 5.75 Å². The van der Waals surface area contributed by atoms with Crippen LogP contribution in [0, 0.1) is 0 Å². The van der Waals surface area contributed by atoms with Gasteiger partial charge in [-0.2, -0.15) is 0 Å². The Balaban J connectivity index is 1.69. The SMILES string of the molecule is CC1=CCC=C(c2cc(Br)ccc2OCC2=CC=CC(F)C(Cl)=C2)N1c1cccc(C(=O)O)c1. The minimum absolute atomic E-state index is 0.111. The molecule has 1 heterocycles. The molecule has 1 N–H and O–H groups in total. The normalized spacial score (nSPS) is 17.9. The fraction of sp³-hybridized carbons (Fsp3) is 0.148. The number of allylic oxidation sites excluding steroid dienone is 7. The van der Waals surface area contributed by atoms with Crippen molar-refractivity contribution in [1.82, 2.24) is 0 Å². The summed E-state index contributed by atoms with van der Waals surface area (Å²) < 4.78 is 20.9. The summed E-state index contributed by atoms with van der Waals surface area (Å²) in [4.78, 5) is 13.6. The van der Waals surface area contributed by atoms with Crippen LogP contribution in [0.5, 0.6) is 5.75 Å². The number of carboxylic acids is 1. The number of aromatic carboxylic acids is 1. The zero-order chi connectivity index (χ0) is 24.2. The lowest BCUT2D eigenvalue weighted by atomic mass is 10.0. The number of carbonyl (C=O) groups is 1. The summed E-state index contributed by atoms with van der Waals surface area (Å²) in [5.74, 6) is -0.343. The molecular formula is C27H22BrClFNO3. The highest BCUT2D eigenvalue weighted by Gasteiger charge is 2.23. The Hall–Kier alpha value is -3.09. The maximum absolute atomic E-state index is 13.8. The van der Waals surface area contributed by atoms with Gasteiger partial charge < -0.3 is 14.7 Å². The molecular weight excluding hydrogens is 521 g/mol. The molecule has 0 amide bonds. The lowest BCUT2D eigenvalue weighted by Crippen LogP contribution is -2.22. The van der Waals surface area contributed by atoms with Gasteiger partial charge in [-0.25, -0.2) is 9.18 Å². The molecule has 7 heteroatoms. The van der Waals surface area contributed by atoms with Crippen molar-refractivity contribution in [3.8, 4) is 5.75 Å². The van der Waals surface area contributed by atoms with Gasteiger partial charge >= 0.3 is 5.97 Å². The van der Waals surface area contributed by atoms with E-state index in [9.17, 15) is 14.3 Å². The summed E-state index contributed by atoms with van der Waals surface area (Å²) in [6, 6.07) is 12.6. The molecule has 0 saturated carbocycles. The van der Waals surface area contributed by atoms with Gasteiger partial charge in [0.05, 0.1) is 16.3 Å². The van der Waals surface area contributed by atoms with Crippen LogP contribution in [0.25, 0.3) is 5.70 Å². The van der Waals surface area contributed by atoms with E-state index >= 15 is 0 Å². The van der Waals surface area contributed by atoms with Crippen LogP contribution in [0.2, 0.25) is 0 Å². The predicted molar refractivity (Wildman–Crippen MR) is 138 cm³/mol. The lowest BCUT2D eigenvalue weighted by Gasteiger charge is -2.32. The number of halogens is 3. The Labute approximate surface area is 211 Å². The topological polar surface area (TPSA) is 49.8 Å². The Bertz CT molecular complexity index is 1280. The van der Waals surface area contributed by atoms with Crippen LogP contribution in [0.15, 0.2) is 99.7 Å². The second-order valence-electron chi connectivity index (χ2n) is 7.85. The Morgan fingerprint density at radius 1 is 1.26 bits per heavy atom. The van der Waals surface area contributed by atoms with Crippen LogP contribution in [0.4, 0.5) is 10.1 Å². The number of benzene rings is 2. The molecule has 1 aliphatic heterocycles. The number of carboxylic acid groups (broad SMARTS) is 1. The molecule has 4 nitrogen and oxygen atoms in total. The van der Waals surface area contributed by atoms with Crippen LogP contribution < -0.4 is 9.64 Å². The molecule has 2 aromatic carbocycles. The second-order valence-corrected chi connectivity index (χ2v) is 9.20. The molecule has 0 bridgehead atoms. The quantitative estimate of drug-likeness (QED) is 0.408. The first-order chi connectivity index (χ1) is 16.3. The molecule has 1 aliphatic carbocycles. The molecule has 0 aromatic heterocycles. The molecule has 0 radical (unpaired) electrons. The zero-order valence-corrected chi connectivity index (χ0v) is 20.7. The number of hydrogen-bond acceptors (Lipinski definition) is 3. The predicted octanol–water partition coefficient (Wildman–Crippen LogP) is 7.64. The van der Waals surface area contributed by atoms with Gasteiger partial charge in [0.1, 0.15) is 12.4 Å². The van der Waals surface area contributed by atoms with Gasteiger partial charge in [0, 0.05) is 21.4 Å². The van der Waals surface area contributed by atoms with Gasteiger partial charge in [-0.05, 0) is 67.5 Å². The van der Waals surface area contributed by atoms with E-state index in [1.54, 1.807) is 36.4 Å². The minimum Gasteiger partial charge on any atom is -0.488 e. The number of ether oxygens (including phenoxy) is 1. The van der Waals surface area contributed by atoms with E-state index in [2.05, 4.69) is 28.1 Å². The Morgan fingerprint density at radius 3 is 2.88 bits per heavy atom. The average molecular weight is 543 g/mol. The van der Waals surface area contributed by atoms with Crippen molar-refractivity contribution in [2.24, 2.45) is 0 Å². The third-order valence-electron chi connectivity index (χ3n) is 5.46. The van der Waals surface area contributed by atoms with Crippen LogP contribution in [-0.2, 0) is 0 Å². The summed E-state index contributed by atoms with van der Waals surface area (Å²) >= 11 is 9.58. The van der Waals surface area contributed by atoms with Gasteiger partial charge in [0.25, 0.3) is 0 Å². The molecule has 1 atom stereocenters. The first-order valence-electron chi connectivity index (χ1n) is 10.6. The van der Waals surface area contributed by atoms with Gasteiger partial charge in [-0.3, -0.25) is 0 Å². The lowest BCUT2D eigenvalue weighted by molar-refractivity contribution is 0.0697. The monoisotopic (exact) mass is 541 g/mol. The molecule has 2 aromatic rings. The maximum atomic E-state index is 13.8. The van der Waals surface area contributed by atoms with E-state index in [1.165, 1.54) is 6.08 Å². The fourth-order valence-corrected chi connectivity index (χ4v) is 4.39. The van der Waals surface area contributed by atoms with Crippen molar-refractivity contribution in [3.63, 3.8) is 0 Å². The van der Waals surface area contributed by atoms with E-state index in [0.717, 1.165) is 39.1 Å². The van der Waals surface area contributed by atoms with Crippen LogP contribution >= 0.6 is 27.5 Å². The highest BCUT2D eigenvalue weighted by atomic mass is 79.9. The van der Waals surface area contributed by atoms with Crippen molar-refractivity contribution in [2.75, 3.05) is 11.5 Å². The molecule has 0 spiro atoms. The smallest absolute Gasteiger partial charge is 0.335 e. The van der Waals surface area contributed by atoms with Gasteiger partial charge in [-0.15, -0.1) is 0 Å². The van der Waals surface area contributed by atoms with Gasteiger partial charge in [-0.1, -0.05) is 57.9 Å². The number of nitrogens with zero attached hydrogens (tertiary/aromatic N) is 1. The third-order valence-corrected chi connectivity index (χ3v) is 6.27. The zero-order valence-electron chi connectivity index (χ0n) is 18.3.